The molecular weight excluding hydrogens is 294 g/mol. The Bertz CT molecular complexity index is 555. The third kappa shape index (κ3) is 4.24. The molecule has 1 heterocycles. The largest absolute Gasteiger partial charge is 0.497 e. The maximum atomic E-state index is 12.6. The van der Waals surface area contributed by atoms with Crippen LogP contribution in [0.1, 0.15) is 44.6 Å². The third-order valence-corrected chi connectivity index (χ3v) is 4.64. The van der Waals surface area contributed by atoms with Crippen molar-refractivity contribution < 1.29 is 19.4 Å². The zero-order valence-electron chi connectivity index (χ0n) is 14.0. The van der Waals surface area contributed by atoms with Crippen molar-refractivity contribution in [3.8, 4) is 5.75 Å². The number of likely N-dealkylation sites (tertiary alicyclic amines) is 1. The number of benzene rings is 1. The van der Waals surface area contributed by atoms with Crippen molar-refractivity contribution in [1.29, 1.82) is 0 Å². The minimum Gasteiger partial charge on any atom is -0.497 e. The molecule has 0 bridgehead atoms. The van der Waals surface area contributed by atoms with Gasteiger partial charge in [0.2, 0.25) is 5.91 Å². The van der Waals surface area contributed by atoms with Crippen molar-refractivity contribution >= 4 is 11.9 Å². The van der Waals surface area contributed by atoms with E-state index >= 15 is 0 Å². The summed E-state index contributed by atoms with van der Waals surface area (Å²) in [7, 11) is 1.62. The smallest absolute Gasteiger partial charge is 0.326 e. The number of rotatable bonds is 5. The van der Waals surface area contributed by atoms with Crippen LogP contribution < -0.4 is 4.74 Å². The van der Waals surface area contributed by atoms with E-state index in [9.17, 15) is 14.7 Å². The van der Waals surface area contributed by atoms with Gasteiger partial charge in [0.15, 0.2) is 0 Å². The molecule has 0 aliphatic carbocycles. The molecule has 5 heteroatoms. The molecule has 3 unspecified atom stereocenters. The number of piperidine rings is 1. The first-order valence-electron chi connectivity index (χ1n) is 8.08. The Kier molecular flexibility index (Phi) is 5.64. The van der Waals surface area contributed by atoms with E-state index in [0.29, 0.717) is 25.3 Å². The van der Waals surface area contributed by atoms with Crippen LogP contribution in [0.2, 0.25) is 0 Å². The van der Waals surface area contributed by atoms with Gasteiger partial charge in [-0.2, -0.15) is 0 Å². The van der Waals surface area contributed by atoms with Crippen LogP contribution >= 0.6 is 0 Å². The second-order valence-corrected chi connectivity index (χ2v) is 6.45. The third-order valence-electron chi connectivity index (χ3n) is 4.64. The molecule has 0 aromatic heterocycles. The summed E-state index contributed by atoms with van der Waals surface area (Å²) in [5.74, 6) is 0.194. The highest BCUT2D eigenvalue weighted by Gasteiger charge is 2.34. The Morgan fingerprint density at radius 3 is 2.57 bits per heavy atom. The number of ether oxygens (including phenoxy) is 1. The summed E-state index contributed by atoms with van der Waals surface area (Å²) >= 11 is 0. The van der Waals surface area contributed by atoms with Gasteiger partial charge in [-0.25, -0.2) is 4.79 Å². The number of hydrogen-bond donors (Lipinski definition) is 1. The molecule has 3 atom stereocenters. The van der Waals surface area contributed by atoms with Crippen LogP contribution in [0.3, 0.4) is 0 Å². The number of carboxylic acid groups (broad SMARTS) is 1. The van der Waals surface area contributed by atoms with Gasteiger partial charge in [0, 0.05) is 13.0 Å². The Balaban J connectivity index is 2.02. The van der Waals surface area contributed by atoms with Gasteiger partial charge in [-0.3, -0.25) is 4.79 Å². The van der Waals surface area contributed by atoms with E-state index in [2.05, 4.69) is 0 Å². The van der Waals surface area contributed by atoms with Crippen LogP contribution in [0.5, 0.6) is 5.75 Å². The van der Waals surface area contributed by atoms with Crippen molar-refractivity contribution in [2.75, 3.05) is 13.7 Å². The van der Waals surface area contributed by atoms with Crippen molar-refractivity contribution in [2.45, 2.75) is 45.1 Å². The van der Waals surface area contributed by atoms with Crippen LogP contribution in [0.15, 0.2) is 24.3 Å². The van der Waals surface area contributed by atoms with E-state index in [-0.39, 0.29) is 11.8 Å². The van der Waals surface area contributed by atoms with E-state index in [0.717, 1.165) is 17.7 Å². The molecule has 1 aliphatic rings. The number of carbonyl (C=O) groups excluding carboxylic acids is 1. The number of amides is 1. The fraction of sp³-hybridized carbons (Fsp3) is 0.556. The van der Waals surface area contributed by atoms with Crippen molar-refractivity contribution in [2.24, 2.45) is 5.92 Å². The molecule has 5 nitrogen and oxygen atoms in total. The summed E-state index contributed by atoms with van der Waals surface area (Å²) in [4.78, 5) is 25.5. The summed E-state index contributed by atoms with van der Waals surface area (Å²) < 4.78 is 5.14. The Morgan fingerprint density at radius 1 is 1.35 bits per heavy atom. The first kappa shape index (κ1) is 17.3. The van der Waals surface area contributed by atoms with Crippen LogP contribution in [0.4, 0.5) is 0 Å². The minimum atomic E-state index is -0.901. The van der Waals surface area contributed by atoms with E-state index in [1.54, 1.807) is 12.0 Å². The molecule has 1 aromatic carbocycles. The van der Waals surface area contributed by atoms with Crippen LogP contribution in [-0.4, -0.2) is 41.6 Å². The number of carbonyl (C=O) groups is 2. The first-order valence-corrected chi connectivity index (χ1v) is 8.08. The van der Waals surface area contributed by atoms with Gasteiger partial charge in [-0.1, -0.05) is 26.0 Å². The fourth-order valence-electron chi connectivity index (χ4n) is 3.10. The van der Waals surface area contributed by atoms with E-state index in [1.165, 1.54) is 0 Å². The molecule has 1 amide bonds. The van der Waals surface area contributed by atoms with Gasteiger partial charge in [0.1, 0.15) is 11.8 Å². The summed E-state index contributed by atoms with van der Waals surface area (Å²) in [5.41, 5.74) is 1.05. The van der Waals surface area contributed by atoms with Gasteiger partial charge in [-0.15, -0.1) is 0 Å². The molecular formula is C18H25NO4. The van der Waals surface area contributed by atoms with Crippen molar-refractivity contribution in [3.05, 3.63) is 29.8 Å². The van der Waals surface area contributed by atoms with Gasteiger partial charge in [0.25, 0.3) is 0 Å². The lowest BCUT2D eigenvalue weighted by molar-refractivity contribution is -0.153. The van der Waals surface area contributed by atoms with Crippen molar-refractivity contribution in [3.63, 3.8) is 0 Å². The van der Waals surface area contributed by atoms with Gasteiger partial charge in [-0.05, 0) is 42.4 Å². The van der Waals surface area contributed by atoms with E-state index in [1.807, 2.05) is 38.1 Å². The van der Waals surface area contributed by atoms with E-state index < -0.39 is 12.0 Å². The maximum absolute atomic E-state index is 12.6. The highest BCUT2D eigenvalue weighted by atomic mass is 16.5. The molecule has 2 rings (SSSR count). The quantitative estimate of drug-likeness (QED) is 0.906. The maximum Gasteiger partial charge on any atom is 0.326 e. The Hall–Kier alpha value is -2.04. The van der Waals surface area contributed by atoms with Crippen molar-refractivity contribution in [1.82, 2.24) is 4.90 Å². The molecule has 1 N–H and O–H groups in total. The average Bonchev–Trinajstić information content (AvgIpc) is 2.54. The molecule has 126 valence electrons. The normalized spacial score (nSPS) is 22.5. The fourth-order valence-corrected chi connectivity index (χ4v) is 3.10. The number of methoxy groups -OCH3 is 1. The summed E-state index contributed by atoms with van der Waals surface area (Å²) in [5, 5.41) is 9.38. The summed E-state index contributed by atoms with van der Waals surface area (Å²) in [6.45, 7) is 4.56. The molecule has 1 aromatic rings. The molecule has 0 spiro atoms. The Morgan fingerprint density at radius 2 is 2.00 bits per heavy atom. The molecule has 1 saturated heterocycles. The van der Waals surface area contributed by atoms with Crippen LogP contribution in [0, 0.1) is 5.92 Å². The zero-order valence-corrected chi connectivity index (χ0v) is 14.0. The van der Waals surface area contributed by atoms with Crippen LogP contribution in [-0.2, 0) is 9.59 Å². The lowest BCUT2D eigenvalue weighted by Gasteiger charge is -2.36. The SMILES string of the molecule is COc1ccc(C(C)CC(=O)N2CCC(C)CC2C(=O)O)cc1. The topological polar surface area (TPSA) is 66.8 Å². The average molecular weight is 319 g/mol. The first-order chi connectivity index (χ1) is 10.9. The lowest BCUT2D eigenvalue weighted by Crippen LogP contribution is -2.50. The standard InChI is InChI=1S/C18H25NO4/c1-12-8-9-19(16(10-12)18(21)22)17(20)11-13(2)14-4-6-15(23-3)7-5-14/h4-7,12-13,16H,8-11H2,1-3H3,(H,21,22). The molecule has 0 saturated carbocycles. The minimum absolute atomic E-state index is 0.0437. The summed E-state index contributed by atoms with van der Waals surface area (Å²) in [6.07, 6.45) is 1.73. The monoisotopic (exact) mass is 319 g/mol. The highest BCUT2D eigenvalue weighted by molar-refractivity contribution is 5.84. The molecule has 1 fully saturated rings. The van der Waals surface area contributed by atoms with Gasteiger partial charge >= 0.3 is 5.97 Å². The number of nitrogens with zero attached hydrogens (tertiary/aromatic N) is 1. The van der Waals surface area contributed by atoms with E-state index in [4.69, 9.17) is 4.74 Å². The van der Waals surface area contributed by atoms with Crippen LogP contribution in [0.25, 0.3) is 0 Å². The lowest BCUT2D eigenvalue weighted by atomic mass is 9.91. The number of hydrogen-bond acceptors (Lipinski definition) is 3. The highest BCUT2D eigenvalue weighted by Crippen LogP contribution is 2.27. The Labute approximate surface area is 137 Å². The van der Waals surface area contributed by atoms with Gasteiger partial charge in [0.05, 0.1) is 7.11 Å². The number of carboxylic acids is 1. The van der Waals surface area contributed by atoms with Gasteiger partial charge < -0.3 is 14.7 Å². The summed E-state index contributed by atoms with van der Waals surface area (Å²) in [6, 6.07) is 6.96. The number of aliphatic carboxylic acids is 1. The second-order valence-electron chi connectivity index (χ2n) is 6.45. The second kappa shape index (κ2) is 7.49. The molecule has 1 aliphatic heterocycles. The molecule has 23 heavy (non-hydrogen) atoms. The predicted octanol–water partition coefficient (Wildman–Crippen LogP) is 2.90. The zero-order chi connectivity index (χ0) is 17.0. The molecule has 0 radical (unpaired) electrons. The predicted molar refractivity (Wildman–Crippen MR) is 87.6 cm³/mol.